The molecule has 9 nitrogen and oxygen atoms in total. The van der Waals surface area contributed by atoms with Crippen molar-refractivity contribution in [2.24, 2.45) is 0 Å². The number of thiophene rings is 1. The van der Waals surface area contributed by atoms with Gasteiger partial charge in [0.25, 0.3) is 15.9 Å². The number of amides is 2. The Labute approximate surface area is 223 Å². The number of anilines is 1. The maximum Gasteiger partial charge on any atom is 0.417 e. The van der Waals surface area contributed by atoms with E-state index in [1.165, 1.54) is 24.3 Å². The minimum absolute atomic E-state index is 0.0168. The average Bonchev–Trinajstić information content (AvgIpc) is 3.35. The molecule has 0 aliphatic heterocycles. The molecule has 4 N–H and O–H groups in total. The predicted octanol–water partition coefficient (Wildman–Crippen LogP) is 4.09. The highest BCUT2D eigenvalue weighted by Gasteiger charge is 2.31. The summed E-state index contributed by atoms with van der Waals surface area (Å²) in [5.41, 5.74) is 1.33. The Bertz CT molecular complexity index is 1400. The summed E-state index contributed by atoms with van der Waals surface area (Å²) in [5.74, 6) is -1.57. The van der Waals surface area contributed by atoms with Crippen LogP contribution in [0.15, 0.2) is 52.9 Å². The van der Waals surface area contributed by atoms with E-state index in [2.05, 4.69) is 21.0 Å². The Morgan fingerprint density at radius 3 is 2.45 bits per heavy atom. The minimum Gasteiger partial charge on any atom is -0.369 e. The number of nitrogens with zero attached hydrogens (tertiary/aromatic N) is 1. The molecule has 2 amide bonds. The van der Waals surface area contributed by atoms with Gasteiger partial charge in [0.15, 0.2) is 0 Å². The molecule has 0 atom stereocenters. The van der Waals surface area contributed by atoms with Gasteiger partial charge in [-0.25, -0.2) is 17.8 Å². The number of alkyl halides is 3. The van der Waals surface area contributed by atoms with Crippen LogP contribution in [0.2, 0.25) is 5.02 Å². The molecule has 3 aromatic rings. The van der Waals surface area contributed by atoms with E-state index in [1.807, 2.05) is 4.83 Å². The maximum absolute atomic E-state index is 13.0. The number of carbonyl (C=O) groups is 2. The van der Waals surface area contributed by atoms with E-state index in [1.54, 1.807) is 0 Å². The third-order valence-electron chi connectivity index (χ3n) is 4.80. The number of carbonyl (C=O) groups excluding carboxylic acids is 2. The van der Waals surface area contributed by atoms with E-state index in [4.69, 9.17) is 11.6 Å². The van der Waals surface area contributed by atoms with Crippen molar-refractivity contribution < 1.29 is 35.6 Å². The maximum atomic E-state index is 13.0. The fraction of sp³-hybridized carbons (Fsp3) is 0.227. The molecule has 204 valence electrons. The average molecular weight is 594 g/mol. The van der Waals surface area contributed by atoms with Crippen LogP contribution in [0.25, 0.3) is 0 Å². The van der Waals surface area contributed by atoms with Gasteiger partial charge in [-0.05, 0) is 48.9 Å². The highest BCUT2D eigenvalue weighted by molar-refractivity contribution is 7.91. The Hall–Kier alpha value is -3.27. The molecule has 0 saturated heterocycles. The summed E-state index contributed by atoms with van der Waals surface area (Å²) < 4.78 is 75.7. The Morgan fingerprint density at radius 1 is 1.08 bits per heavy atom. The molecule has 0 radical (unpaired) electrons. The van der Waals surface area contributed by atoms with Gasteiger partial charge in [-0.3, -0.25) is 15.0 Å². The first kappa shape index (κ1) is 29.3. The molecule has 0 saturated carbocycles. The van der Waals surface area contributed by atoms with Crippen LogP contribution in [0.4, 0.5) is 23.4 Å². The number of aromatic nitrogens is 1. The number of hydrazine groups is 1. The Morgan fingerprint density at radius 2 is 1.79 bits per heavy atom. The fourth-order valence-corrected chi connectivity index (χ4v) is 5.27. The summed E-state index contributed by atoms with van der Waals surface area (Å²) >= 11 is 6.67. The van der Waals surface area contributed by atoms with Gasteiger partial charge in [0, 0.05) is 29.6 Å². The van der Waals surface area contributed by atoms with Gasteiger partial charge < -0.3 is 10.6 Å². The van der Waals surface area contributed by atoms with E-state index in [9.17, 15) is 35.6 Å². The first-order valence-corrected chi connectivity index (χ1v) is 13.4. The topological polar surface area (TPSA) is 129 Å². The zero-order chi connectivity index (χ0) is 27.9. The number of benzene rings is 1. The highest BCUT2D eigenvalue weighted by atomic mass is 35.5. The molecule has 0 bridgehead atoms. The van der Waals surface area contributed by atoms with Crippen molar-refractivity contribution in [2.45, 2.75) is 29.8 Å². The molecular weight excluding hydrogens is 574 g/mol. The van der Waals surface area contributed by atoms with Crippen LogP contribution >= 0.6 is 22.9 Å². The number of sulfonamides is 1. The van der Waals surface area contributed by atoms with Gasteiger partial charge in [-0.2, -0.15) is 13.2 Å². The summed E-state index contributed by atoms with van der Waals surface area (Å²) in [6.07, 6.45) is -3.86. The molecule has 1 aromatic carbocycles. The van der Waals surface area contributed by atoms with Crippen LogP contribution in [0.5, 0.6) is 0 Å². The van der Waals surface area contributed by atoms with Gasteiger partial charge in [0.05, 0.1) is 17.1 Å². The van der Waals surface area contributed by atoms with Crippen LogP contribution in [0, 0.1) is 5.82 Å². The van der Waals surface area contributed by atoms with Crippen molar-refractivity contribution in [3.8, 4) is 0 Å². The largest absolute Gasteiger partial charge is 0.417 e. The third kappa shape index (κ3) is 8.37. The Kier molecular flexibility index (Phi) is 9.65. The SMILES string of the molecule is O=C(CCCNc1ncc(C(F)(F)F)cc1Cl)NNS(=O)(=O)c1ccc(CNC(=O)c2ccc(F)cc2)s1. The van der Waals surface area contributed by atoms with E-state index in [-0.39, 0.29) is 46.5 Å². The van der Waals surface area contributed by atoms with Crippen molar-refractivity contribution in [3.05, 3.63) is 75.5 Å². The first-order valence-electron chi connectivity index (χ1n) is 10.7. The van der Waals surface area contributed by atoms with Crippen LogP contribution < -0.4 is 20.9 Å². The molecule has 0 aliphatic carbocycles. The quantitative estimate of drug-likeness (QED) is 0.151. The molecular formula is C22H20ClF4N5O4S2. The zero-order valence-corrected chi connectivity index (χ0v) is 21.6. The summed E-state index contributed by atoms with van der Waals surface area (Å²) in [7, 11) is -4.08. The predicted molar refractivity (Wildman–Crippen MR) is 132 cm³/mol. The Balaban J connectivity index is 1.41. The highest BCUT2D eigenvalue weighted by Crippen LogP contribution is 2.32. The van der Waals surface area contributed by atoms with Gasteiger partial charge in [0.2, 0.25) is 5.91 Å². The van der Waals surface area contributed by atoms with Crippen molar-refractivity contribution >= 4 is 50.6 Å². The number of hydrogen-bond acceptors (Lipinski definition) is 7. The first-order chi connectivity index (χ1) is 17.8. The molecule has 0 aliphatic rings. The van der Waals surface area contributed by atoms with Crippen LogP contribution in [-0.2, 0) is 27.5 Å². The smallest absolute Gasteiger partial charge is 0.369 e. The van der Waals surface area contributed by atoms with Crippen LogP contribution in [0.1, 0.15) is 33.6 Å². The monoisotopic (exact) mass is 593 g/mol. The second-order valence-corrected chi connectivity index (χ2v) is 11.1. The van der Waals surface area contributed by atoms with Crippen molar-refractivity contribution in [2.75, 3.05) is 11.9 Å². The van der Waals surface area contributed by atoms with E-state index in [0.717, 1.165) is 29.5 Å². The van der Waals surface area contributed by atoms with Crippen molar-refractivity contribution in [1.29, 1.82) is 0 Å². The number of rotatable bonds is 11. The fourth-order valence-electron chi connectivity index (χ4n) is 2.88. The normalized spacial score (nSPS) is 11.7. The standard InChI is InChI=1S/C22H20ClF4N5O4S2/c23-17-10-14(22(25,26)27)11-29-20(17)28-9-1-2-18(33)31-32-38(35,36)19-8-7-16(37-19)12-30-21(34)13-3-5-15(24)6-4-13/h3-8,10-11,32H,1-2,9,12H2,(H,28,29)(H,30,34)(H,31,33). The van der Waals surface area contributed by atoms with Crippen LogP contribution in [0.3, 0.4) is 0 Å². The molecule has 0 spiro atoms. The lowest BCUT2D eigenvalue weighted by atomic mass is 10.2. The minimum atomic E-state index is -4.58. The lowest BCUT2D eigenvalue weighted by Gasteiger charge is -2.11. The van der Waals surface area contributed by atoms with Gasteiger partial charge in [0.1, 0.15) is 15.8 Å². The molecule has 3 rings (SSSR count). The third-order valence-corrected chi connectivity index (χ3v) is 7.91. The number of pyridine rings is 1. The molecule has 16 heteroatoms. The second kappa shape index (κ2) is 12.5. The number of halogens is 5. The van der Waals surface area contributed by atoms with Gasteiger partial charge in [-0.1, -0.05) is 11.6 Å². The summed E-state index contributed by atoms with van der Waals surface area (Å²) in [6, 6.07) is 8.46. The van der Waals surface area contributed by atoms with Gasteiger partial charge in [-0.15, -0.1) is 16.2 Å². The van der Waals surface area contributed by atoms with Gasteiger partial charge >= 0.3 is 6.18 Å². The number of hydrogen-bond donors (Lipinski definition) is 4. The second-order valence-electron chi connectivity index (χ2n) is 7.65. The lowest BCUT2D eigenvalue weighted by molar-refractivity contribution is -0.137. The zero-order valence-electron chi connectivity index (χ0n) is 19.2. The van der Waals surface area contributed by atoms with E-state index < -0.39 is 39.4 Å². The molecule has 0 unspecified atom stereocenters. The summed E-state index contributed by atoms with van der Waals surface area (Å²) in [4.78, 5) is 30.2. The van der Waals surface area contributed by atoms with Crippen molar-refractivity contribution in [1.82, 2.24) is 20.6 Å². The lowest BCUT2D eigenvalue weighted by Crippen LogP contribution is -2.41. The molecule has 0 fully saturated rings. The molecule has 2 heterocycles. The van der Waals surface area contributed by atoms with E-state index >= 15 is 0 Å². The van der Waals surface area contributed by atoms with Crippen LogP contribution in [-0.4, -0.2) is 31.8 Å². The summed E-state index contributed by atoms with van der Waals surface area (Å²) in [6.45, 7) is 0.170. The summed E-state index contributed by atoms with van der Waals surface area (Å²) in [5, 5.41) is 5.07. The molecule has 2 aromatic heterocycles. The van der Waals surface area contributed by atoms with E-state index in [0.29, 0.717) is 11.1 Å². The number of nitrogens with one attached hydrogen (secondary N) is 4. The van der Waals surface area contributed by atoms with Crippen molar-refractivity contribution in [3.63, 3.8) is 0 Å². The molecule has 38 heavy (non-hydrogen) atoms.